The van der Waals surface area contributed by atoms with Gasteiger partial charge in [0.1, 0.15) is 11.8 Å². The summed E-state index contributed by atoms with van der Waals surface area (Å²) in [7, 11) is 1.47. The van der Waals surface area contributed by atoms with E-state index in [4.69, 9.17) is 21.4 Å². The first kappa shape index (κ1) is 15.8. The third-order valence-electron chi connectivity index (χ3n) is 3.15. The molecule has 1 aromatic carbocycles. The second-order valence-corrected chi connectivity index (χ2v) is 5.96. The predicted molar refractivity (Wildman–Crippen MR) is 82.3 cm³/mol. The monoisotopic (exact) mass is 330 g/mol. The Labute approximate surface area is 131 Å². The second kappa shape index (κ2) is 6.44. The highest BCUT2D eigenvalue weighted by Crippen LogP contribution is 2.32. The number of amides is 2. The number of nitrogens with zero attached hydrogens (tertiary/aromatic N) is 1. The molecule has 1 aromatic rings. The van der Waals surface area contributed by atoms with Gasteiger partial charge < -0.3 is 20.1 Å². The van der Waals surface area contributed by atoms with Crippen molar-refractivity contribution in [3.05, 3.63) is 22.7 Å². The molecule has 1 atom stereocenters. The quantitative estimate of drug-likeness (QED) is 0.890. The fourth-order valence-corrected chi connectivity index (χ4v) is 3.26. The van der Waals surface area contributed by atoms with Crippen molar-refractivity contribution in [3.8, 4) is 5.75 Å². The zero-order chi connectivity index (χ0) is 15.6. The molecule has 0 spiro atoms. The highest BCUT2D eigenvalue weighted by atomic mass is 35.5. The molecular weight excluding hydrogens is 316 g/mol. The van der Waals surface area contributed by atoms with Gasteiger partial charge in [0.25, 0.3) is 0 Å². The number of rotatable bonds is 3. The number of hydrogen-bond acceptors (Lipinski definition) is 4. The molecular formula is C13H15ClN2O4S. The van der Waals surface area contributed by atoms with Gasteiger partial charge in [-0.15, -0.1) is 11.8 Å². The molecule has 1 aliphatic rings. The van der Waals surface area contributed by atoms with E-state index in [9.17, 15) is 9.59 Å². The number of ether oxygens (including phenoxy) is 1. The third kappa shape index (κ3) is 3.36. The maximum atomic E-state index is 12.2. The van der Waals surface area contributed by atoms with Crippen LogP contribution in [-0.2, 0) is 4.79 Å². The molecule has 1 heterocycles. The molecule has 0 saturated carbocycles. The van der Waals surface area contributed by atoms with Gasteiger partial charge in [0.2, 0.25) is 0 Å². The van der Waals surface area contributed by atoms with Crippen molar-refractivity contribution in [2.45, 2.75) is 13.0 Å². The average Bonchev–Trinajstić information content (AvgIpc) is 2.92. The van der Waals surface area contributed by atoms with E-state index in [0.717, 1.165) is 5.56 Å². The first-order chi connectivity index (χ1) is 9.93. The highest BCUT2D eigenvalue weighted by Gasteiger charge is 2.34. The average molecular weight is 331 g/mol. The van der Waals surface area contributed by atoms with E-state index in [0.29, 0.717) is 28.1 Å². The summed E-state index contributed by atoms with van der Waals surface area (Å²) in [6.45, 7) is 1.81. The molecule has 1 fully saturated rings. The molecule has 0 aromatic heterocycles. The molecule has 0 radical (unpaired) electrons. The van der Waals surface area contributed by atoms with E-state index in [1.165, 1.54) is 23.8 Å². The number of carbonyl (C=O) groups is 2. The van der Waals surface area contributed by atoms with Crippen LogP contribution in [-0.4, -0.2) is 46.8 Å². The van der Waals surface area contributed by atoms with Gasteiger partial charge >= 0.3 is 12.0 Å². The lowest BCUT2D eigenvalue weighted by atomic mass is 10.2. The van der Waals surface area contributed by atoms with Crippen LogP contribution >= 0.6 is 23.4 Å². The Hall–Kier alpha value is -1.60. The number of halogens is 1. The molecule has 2 rings (SSSR count). The normalized spacial score (nSPS) is 17.7. The van der Waals surface area contributed by atoms with Crippen molar-refractivity contribution in [2.24, 2.45) is 0 Å². The van der Waals surface area contributed by atoms with E-state index in [1.807, 2.05) is 6.92 Å². The first-order valence-corrected chi connectivity index (χ1v) is 7.69. The van der Waals surface area contributed by atoms with Crippen LogP contribution in [0.15, 0.2) is 12.1 Å². The van der Waals surface area contributed by atoms with Crippen molar-refractivity contribution in [1.29, 1.82) is 0 Å². The number of nitrogens with one attached hydrogen (secondary N) is 1. The summed E-state index contributed by atoms with van der Waals surface area (Å²) in [6.07, 6.45) is 0. The van der Waals surface area contributed by atoms with E-state index in [2.05, 4.69) is 5.32 Å². The number of carbonyl (C=O) groups excluding carboxylic acids is 1. The SMILES string of the molecule is COc1cc(Cl)c(C)cc1NC(=O)N1CSCC1C(=O)O. The van der Waals surface area contributed by atoms with E-state index >= 15 is 0 Å². The molecule has 1 saturated heterocycles. The van der Waals surface area contributed by atoms with Crippen molar-refractivity contribution in [2.75, 3.05) is 24.1 Å². The van der Waals surface area contributed by atoms with E-state index < -0.39 is 18.0 Å². The Bertz CT molecular complexity index is 582. The van der Waals surface area contributed by atoms with Gasteiger partial charge in [-0.2, -0.15) is 0 Å². The maximum absolute atomic E-state index is 12.2. The lowest BCUT2D eigenvalue weighted by Gasteiger charge is -2.22. The summed E-state index contributed by atoms with van der Waals surface area (Å²) in [5, 5.41) is 12.3. The van der Waals surface area contributed by atoms with Crippen molar-refractivity contribution < 1.29 is 19.4 Å². The fourth-order valence-electron chi connectivity index (χ4n) is 1.96. The van der Waals surface area contributed by atoms with Gasteiger partial charge in [-0.1, -0.05) is 11.6 Å². The van der Waals surface area contributed by atoms with Crippen molar-refractivity contribution in [1.82, 2.24) is 4.90 Å². The molecule has 114 valence electrons. The zero-order valence-corrected chi connectivity index (χ0v) is 13.1. The number of carboxylic acids is 1. The summed E-state index contributed by atoms with van der Waals surface area (Å²) in [5.74, 6) is 0.157. The van der Waals surface area contributed by atoms with Crippen LogP contribution in [0, 0.1) is 6.92 Å². The minimum atomic E-state index is -1.01. The number of methoxy groups -OCH3 is 1. The second-order valence-electron chi connectivity index (χ2n) is 4.56. The molecule has 1 aliphatic heterocycles. The molecule has 8 heteroatoms. The number of urea groups is 1. The van der Waals surface area contributed by atoms with Crippen molar-refractivity contribution in [3.63, 3.8) is 0 Å². The number of benzene rings is 1. The summed E-state index contributed by atoms with van der Waals surface area (Å²) in [4.78, 5) is 24.6. The Balaban J connectivity index is 2.20. The van der Waals surface area contributed by atoms with Crippen molar-refractivity contribution >= 4 is 41.1 Å². The molecule has 0 bridgehead atoms. The Morgan fingerprint density at radius 1 is 1.52 bits per heavy atom. The van der Waals surface area contributed by atoms with Crippen LogP contribution in [0.3, 0.4) is 0 Å². The minimum Gasteiger partial charge on any atom is -0.495 e. The highest BCUT2D eigenvalue weighted by molar-refractivity contribution is 7.99. The lowest BCUT2D eigenvalue weighted by Crippen LogP contribution is -2.44. The molecule has 2 N–H and O–H groups in total. The maximum Gasteiger partial charge on any atom is 0.327 e. The summed E-state index contributed by atoms with van der Waals surface area (Å²) >= 11 is 7.41. The number of thioether (sulfide) groups is 1. The van der Waals surface area contributed by atoms with Gasteiger partial charge in [-0.25, -0.2) is 9.59 Å². The van der Waals surface area contributed by atoms with E-state index in [1.54, 1.807) is 12.1 Å². The Morgan fingerprint density at radius 2 is 2.24 bits per heavy atom. The molecule has 6 nitrogen and oxygen atoms in total. The zero-order valence-electron chi connectivity index (χ0n) is 11.6. The Kier molecular flexibility index (Phi) is 4.84. The smallest absolute Gasteiger partial charge is 0.327 e. The van der Waals surface area contributed by atoms with Gasteiger partial charge in [0, 0.05) is 16.8 Å². The minimum absolute atomic E-state index is 0.345. The topological polar surface area (TPSA) is 78.9 Å². The fraction of sp³-hybridized carbons (Fsp3) is 0.385. The van der Waals surface area contributed by atoms with Crippen LogP contribution in [0.4, 0.5) is 10.5 Å². The number of anilines is 1. The number of aliphatic carboxylic acids is 1. The molecule has 1 unspecified atom stereocenters. The van der Waals surface area contributed by atoms with Crippen LogP contribution in [0.1, 0.15) is 5.56 Å². The van der Waals surface area contributed by atoms with Crippen LogP contribution in [0.25, 0.3) is 0 Å². The summed E-state index contributed by atoms with van der Waals surface area (Å²) in [6, 6.07) is 2.03. The van der Waals surface area contributed by atoms with Crippen LogP contribution < -0.4 is 10.1 Å². The number of carboxylic acid groups (broad SMARTS) is 1. The Morgan fingerprint density at radius 3 is 2.86 bits per heavy atom. The first-order valence-electron chi connectivity index (χ1n) is 6.16. The lowest BCUT2D eigenvalue weighted by molar-refractivity contribution is -0.140. The molecule has 0 aliphatic carbocycles. The molecule has 2 amide bonds. The molecule has 21 heavy (non-hydrogen) atoms. The summed E-state index contributed by atoms with van der Waals surface area (Å²) < 4.78 is 5.18. The van der Waals surface area contributed by atoms with Gasteiger partial charge in [-0.05, 0) is 18.6 Å². The van der Waals surface area contributed by atoms with Gasteiger partial charge in [0.05, 0.1) is 18.7 Å². The summed E-state index contributed by atoms with van der Waals surface area (Å²) in [5.41, 5.74) is 1.25. The number of hydrogen-bond donors (Lipinski definition) is 2. The third-order valence-corrected chi connectivity index (χ3v) is 4.57. The van der Waals surface area contributed by atoms with Crippen LogP contribution in [0.2, 0.25) is 5.02 Å². The van der Waals surface area contributed by atoms with Gasteiger partial charge in [0.15, 0.2) is 0 Å². The largest absolute Gasteiger partial charge is 0.495 e. The standard InChI is InChI=1S/C13H15ClN2O4S/c1-7-3-9(11(20-2)4-8(7)14)15-13(19)16-6-21-5-10(16)12(17)18/h3-4,10H,5-6H2,1-2H3,(H,15,19)(H,17,18). The predicted octanol–water partition coefficient (Wildman–Crippen LogP) is 2.65. The van der Waals surface area contributed by atoms with Crippen LogP contribution in [0.5, 0.6) is 5.75 Å². The van der Waals surface area contributed by atoms with E-state index in [-0.39, 0.29) is 0 Å². The van der Waals surface area contributed by atoms with Gasteiger partial charge in [-0.3, -0.25) is 0 Å². The number of aryl methyl sites for hydroxylation is 1.